The third-order valence-electron chi connectivity index (χ3n) is 2.95. The fourth-order valence-corrected chi connectivity index (χ4v) is 2.98. The van der Waals surface area contributed by atoms with Crippen molar-refractivity contribution in [2.75, 3.05) is 6.54 Å². The van der Waals surface area contributed by atoms with Crippen molar-refractivity contribution in [3.05, 3.63) is 62.8 Å². The van der Waals surface area contributed by atoms with E-state index in [9.17, 15) is 0 Å². The minimum absolute atomic E-state index is 0.279. The van der Waals surface area contributed by atoms with Gasteiger partial charge in [0.2, 0.25) is 0 Å². The minimum atomic E-state index is 0.279. The Hall–Kier alpha value is -0.710. The Balaban J connectivity index is 2.27. The van der Waals surface area contributed by atoms with Crippen LogP contribution in [-0.4, -0.2) is 11.5 Å². The molecule has 2 nitrogen and oxygen atoms in total. The molecule has 0 aliphatic heterocycles. The lowest BCUT2D eigenvalue weighted by Gasteiger charge is -2.20. The van der Waals surface area contributed by atoms with Gasteiger partial charge in [-0.25, -0.2) is 0 Å². The maximum absolute atomic E-state index is 4.18. The highest BCUT2D eigenvalue weighted by atomic mass is 79.9. The Bertz CT molecular complexity index is 529. The molecule has 0 aliphatic rings. The number of nitrogens with zero attached hydrogens (tertiary/aromatic N) is 1. The molecule has 2 aromatic rings. The average Bonchev–Trinajstić information content (AvgIpc) is 2.42. The topological polar surface area (TPSA) is 24.9 Å². The van der Waals surface area contributed by atoms with Crippen molar-refractivity contribution in [2.24, 2.45) is 0 Å². The smallest absolute Gasteiger partial charge is 0.0372 e. The van der Waals surface area contributed by atoms with Gasteiger partial charge in [-0.2, -0.15) is 0 Å². The van der Waals surface area contributed by atoms with Crippen LogP contribution in [0.15, 0.2) is 51.7 Å². The van der Waals surface area contributed by atoms with Crippen LogP contribution in [0.3, 0.4) is 0 Å². The highest BCUT2D eigenvalue weighted by molar-refractivity contribution is 9.11. The van der Waals surface area contributed by atoms with E-state index in [1.807, 2.05) is 18.3 Å². The van der Waals surface area contributed by atoms with Crippen LogP contribution >= 0.6 is 31.9 Å². The molecule has 2 rings (SSSR count). The Kier molecular flexibility index (Phi) is 5.55. The van der Waals surface area contributed by atoms with Gasteiger partial charge < -0.3 is 5.32 Å². The van der Waals surface area contributed by atoms with Gasteiger partial charge in [0.15, 0.2) is 0 Å². The van der Waals surface area contributed by atoms with E-state index in [2.05, 4.69) is 67.3 Å². The molecule has 4 heteroatoms. The standard InChI is InChI=1S/C15H16Br2N2/c1-2-19-15(8-11-4-3-7-18-10-11)13-9-12(16)5-6-14(13)17/h3-7,9-10,15,19H,2,8H2,1H3. The van der Waals surface area contributed by atoms with Gasteiger partial charge in [0.25, 0.3) is 0 Å². The van der Waals surface area contributed by atoms with Crippen LogP contribution in [0.4, 0.5) is 0 Å². The van der Waals surface area contributed by atoms with Crippen LogP contribution in [0.1, 0.15) is 24.1 Å². The third-order valence-corrected chi connectivity index (χ3v) is 4.16. The molecule has 1 aromatic carbocycles. The molecule has 1 N–H and O–H groups in total. The summed E-state index contributed by atoms with van der Waals surface area (Å²) in [7, 11) is 0. The fourth-order valence-electron chi connectivity index (χ4n) is 2.07. The van der Waals surface area contributed by atoms with Crippen molar-refractivity contribution in [1.29, 1.82) is 0 Å². The largest absolute Gasteiger partial charge is 0.310 e. The van der Waals surface area contributed by atoms with Crippen LogP contribution in [0.2, 0.25) is 0 Å². The van der Waals surface area contributed by atoms with Crippen LogP contribution in [-0.2, 0) is 6.42 Å². The first kappa shape index (κ1) is 14.7. The zero-order valence-electron chi connectivity index (χ0n) is 10.7. The van der Waals surface area contributed by atoms with Gasteiger partial charge in [-0.15, -0.1) is 0 Å². The SMILES string of the molecule is CCNC(Cc1cccnc1)c1cc(Br)ccc1Br. The predicted molar refractivity (Wildman–Crippen MR) is 86.2 cm³/mol. The number of aromatic nitrogens is 1. The first-order chi connectivity index (χ1) is 9.20. The molecule has 19 heavy (non-hydrogen) atoms. The second kappa shape index (κ2) is 7.17. The number of halogens is 2. The van der Waals surface area contributed by atoms with E-state index in [0.717, 1.165) is 21.9 Å². The van der Waals surface area contributed by atoms with Gasteiger partial charge in [-0.3, -0.25) is 4.98 Å². The highest BCUT2D eigenvalue weighted by Crippen LogP contribution is 2.29. The zero-order valence-corrected chi connectivity index (χ0v) is 13.9. The van der Waals surface area contributed by atoms with E-state index >= 15 is 0 Å². The summed E-state index contributed by atoms with van der Waals surface area (Å²) in [6, 6.07) is 10.7. The van der Waals surface area contributed by atoms with Crippen molar-refractivity contribution in [1.82, 2.24) is 10.3 Å². The lowest BCUT2D eigenvalue weighted by molar-refractivity contribution is 0.547. The average molecular weight is 384 g/mol. The van der Waals surface area contributed by atoms with Crippen molar-refractivity contribution < 1.29 is 0 Å². The molecule has 0 spiro atoms. The molecular weight excluding hydrogens is 368 g/mol. The number of pyridine rings is 1. The molecule has 1 heterocycles. The van der Waals surface area contributed by atoms with Crippen LogP contribution in [0.5, 0.6) is 0 Å². The molecule has 0 saturated carbocycles. The molecule has 0 aliphatic carbocycles. The molecule has 1 unspecified atom stereocenters. The maximum Gasteiger partial charge on any atom is 0.0372 e. The molecule has 100 valence electrons. The number of hydrogen-bond donors (Lipinski definition) is 1. The molecule has 0 fully saturated rings. The summed E-state index contributed by atoms with van der Waals surface area (Å²) in [4.78, 5) is 4.18. The van der Waals surface area contributed by atoms with E-state index in [1.165, 1.54) is 11.1 Å². The molecule has 1 atom stereocenters. The van der Waals surface area contributed by atoms with Crippen molar-refractivity contribution in [3.8, 4) is 0 Å². The molecule has 0 radical (unpaired) electrons. The molecule has 1 aromatic heterocycles. The zero-order chi connectivity index (χ0) is 13.7. The normalized spacial score (nSPS) is 12.4. The number of nitrogens with one attached hydrogen (secondary N) is 1. The Morgan fingerprint density at radius 2 is 2.11 bits per heavy atom. The summed E-state index contributed by atoms with van der Waals surface area (Å²) in [5.74, 6) is 0. The van der Waals surface area contributed by atoms with Gasteiger partial charge in [0.05, 0.1) is 0 Å². The van der Waals surface area contributed by atoms with E-state index < -0.39 is 0 Å². The van der Waals surface area contributed by atoms with Crippen LogP contribution in [0.25, 0.3) is 0 Å². The molecule has 0 saturated heterocycles. The van der Waals surface area contributed by atoms with Crippen molar-refractivity contribution in [3.63, 3.8) is 0 Å². The van der Waals surface area contributed by atoms with Gasteiger partial charge in [0.1, 0.15) is 0 Å². The summed E-state index contributed by atoms with van der Waals surface area (Å²) in [5.41, 5.74) is 2.50. The third kappa shape index (κ3) is 4.13. The van der Waals surface area contributed by atoms with E-state index in [4.69, 9.17) is 0 Å². The molecular formula is C15H16Br2N2. The van der Waals surface area contributed by atoms with E-state index in [1.54, 1.807) is 6.20 Å². The van der Waals surface area contributed by atoms with E-state index in [0.29, 0.717) is 0 Å². The quantitative estimate of drug-likeness (QED) is 0.822. The van der Waals surface area contributed by atoms with E-state index in [-0.39, 0.29) is 6.04 Å². The van der Waals surface area contributed by atoms with Crippen LogP contribution < -0.4 is 5.32 Å². The Morgan fingerprint density at radius 3 is 2.79 bits per heavy atom. The number of rotatable bonds is 5. The second-order valence-electron chi connectivity index (χ2n) is 4.34. The first-order valence-electron chi connectivity index (χ1n) is 6.28. The molecule has 0 amide bonds. The highest BCUT2D eigenvalue weighted by Gasteiger charge is 2.14. The Morgan fingerprint density at radius 1 is 1.26 bits per heavy atom. The summed E-state index contributed by atoms with van der Waals surface area (Å²) < 4.78 is 2.23. The number of hydrogen-bond acceptors (Lipinski definition) is 2. The van der Waals surface area contributed by atoms with Gasteiger partial charge in [0, 0.05) is 27.4 Å². The number of benzene rings is 1. The molecule has 0 bridgehead atoms. The van der Waals surface area contributed by atoms with Gasteiger partial charge >= 0.3 is 0 Å². The lowest BCUT2D eigenvalue weighted by Crippen LogP contribution is -2.23. The monoisotopic (exact) mass is 382 g/mol. The van der Waals surface area contributed by atoms with Gasteiger partial charge in [-0.1, -0.05) is 44.8 Å². The summed E-state index contributed by atoms with van der Waals surface area (Å²) in [5, 5.41) is 3.54. The number of likely N-dealkylation sites (N-methyl/N-ethyl adjacent to an activating group) is 1. The summed E-state index contributed by atoms with van der Waals surface area (Å²) >= 11 is 7.18. The van der Waals surface area contributed by atoms with Crippen LogP contribution in [0, 0.1) is 0 Å². The second-order valence-corrected chi connectivity index (χ2v) is 6.11. The summed E-state index contributed by atoms with van der Waals surface area (Å²) in [6.07, 6.45) is 4.66. The lowest BCUT2D eigenvalue weighted by atomic mass is 10.00. The van der Waals surface area contributed by atoms with Crippen molar-refractivity contribution in [2.45, 2.75) is 19.4 Å². The van der Waals surface area contributed by atoms with Gasteiger partial charge in [-0.05, 0) is 48.4 Å². The minimum Gasteiger partial charge on any atom is -0.310 e. The first-order valence-corrected chi connectivity index (χ1v) is 7.86. The summed E-state index contributed by atoms with van der Waals surface area (Å²) in [6.45, 7) is 3.06. The predicted octanol–water partition coefficient (Wildman–Crippen LogP) is 4.50. The maximum atomic E-state index is 4.18. The fraction of sp³-hybridized carbons (Fsp3) is 0.267. The Labute approximate surface area is 130 Å². The van der Waals surface area contributed by atoms with Crippen molar-refractivity contribution >= 4 is 31.9 Å².